The van der Waals surface area contributed by atoms with E-state index in [0.29, 0.717) is 13.2 Å². The second-order valence-electron chi connectivity index (χ2n) is 5.01. The molecule has 0 saturated carbocycles. The summed E-state index contributed by atoms with van der Waals surface area (Å²) >= 11 is 15.6. The lowest BCUT2D eigenvalue weighted by atomic mass is 10.3. The summed E-state index contributed by atoms with van der Waals surface area (Å²) in [6.07, 6.45) is 0. The Hall–Kier alpha value is 0.0400. The van der Waals surface area contributed by atoms with E-state index in [1.807, 2.05) is 60.1 Å². The molecule has 0 unspecified atom stereocenters. The Balaban J connectivity index is 1.74. The van der Waals surface area contributed by atoms with Gasteiger partial charge in [0, 0.05) is 10.6 Å². The first-order valence-corrected chi connectivity index (χ1v) is 17.2. The summed E-state index contributed by atoms with van der Waals surface area (Å²) in [5, 5.41) is 2.45. The van der Waals surface area contributed by atoms with Crippen molar-refractivity contribution >= 4 is 65.1 Å². The predicted octanol–water partition coefficient (Wildman–Crippen LogP) is 5.53. The molecule has 3 rings (SSSR count). The van der Waals surface area contributed by atoms with Crippen LogP contribution in [0.3, 0.4) is 0 Å². The molecule has 24 heavy (non-hydrogen) atoms. The lowest BCUT2D eigenvalue weighted by Crippen LogP contribution is -2.09. The minimum atomic E-state index is -1.67. The molecule has 128 valence electrons. The molecule has 0 spiro atoms. The van der Waals surface area contributed by atoms with E-state index in [2.05, 4.69) is 24.3 Å². The van der Waals surface area contributed by atoms with Gasteiger partial charge in [0.05, 0.1) is 22.1 Å². The van der Waals surface area contributed by atoms with Gasteiger partial charge in [0.2, 0.25) is 0 Å². The highest BCUT2D eigenvalue weighted by Gasteiger charge is 2.45. The summed E-state index contributed by atoms with van der Waals surface area (Å²) in [5.41, 5.74) is 0. The van der Waals surface area contributed by atoms with Crippen molar-refractivity contribution in [3.05, 3.63) is 48.5 Å². The number of benzene rings is 2. The van der Waals surface area contributed by atoms with E-state index in [9.17, 15) is 0 Å². The van der Waals surface area contributed by atoms with Crippen LogP contribution in [0.5, 0.6) is 11.5 Å². The fourth-order valence-corrected chi connectivity index (χ4v) is 44.5. The molecule has 0 N–H and O–H groups in total. The minimum absolute atomic E-state index is 0.676. The van der Waals surface area contributed by atoms with E-state index >= 15 is 0 Å². The molecular weight excluding hydrogens is 414 g/mol. The maximum atomic E-state index is 5.95. The number of ether oxygens (including phenoxy) is 2. The van der Waals surface area contributed by atoms with Crippen LogP contribution in [-0.2, 0) is 23.6 Å². The molecule has 2 aromatic carbocycles. The van der Waals surface area contributed by atoms with Crippen molar-refractivity contribution in [1.82, 2.24) is 0 Å². The van der Waals surface area contributed by atoms with E-state index in [0.717, 1.165) is 11.5 Å². The van der Waals surface area contributed by atoms with Crippen LogP contribution in [0.1, 0.15) is 13.8 Å². The van der Waals surface area contributed by atoms with Crippen molar-refractivity contribution in [3.8, 4) is 11.5 Å². The monoisotopic (exact) mass is 432 g/mol. The van der Waals surface area contributed by atoms with Gasteiger partial charge in [-0.1, -0.05) is 45.6 Å². The smallest absolute Gasteiger partial charge is 0.119 e. The van der Waals surface area contributed by atoms with Crippen LogP contribution in [0.25, 0.3) is 0 Å². The Morgan fingerprint density at radius 3 is 1.33 bits per heavy atom. The molecule has 0 aromatic heterocycles. The van der Waals surface area contributed by atoms with E-state index in [-0.39, 0.29) is 0 Å². The van der Waals surface area contributed by atoms with Crippen LogP contribution < -0.4 is 20.1 Å². The zero-order chi connectivity index (χ0) is 17.2. The first-order valence-electron chi connectivity index (χ1n) is 7.59. The van der Waals surface area contributed by atoms with E-state index in [1.54, 1.807) is 0 Å². The molecule has 1 aliphatic rings. The van der Waals surface area contributed by atoms with E-state index < -0.39 is 8.88 Å². The summed E-state index contributed by atoms with van der Waals surface area (Å²) in [4.78, 5) is 0. The lowest BCUT2D eigenvalue weighted by Gasteiger charge is -2.40. The fraction of sp³-hybridized carbons (Fsp3) is 0.250. The third-order valence-corrected chi connectivity index (χ3v) is 34.6. The van der Waals surface area contributed by atoms with E-state index in [4.69, 9.17) is 33.1 Å². The average Bonchev–Trinajstić information content (AvgIpc) is 2.55. The van der Waals surface area contributed by atoms with Crippen LogP contribution in [0.4, 0.5) is 0 Å². The summed E-state index contributed by atoms with van der Waals surface area (Å²) in [6.45, 7) is 5.32. The second-order valence-corrected chi connectivity index (χ2v) is 26.3. The highest BCUT2D eigenvalue weighted by atomic mass is 33.7. The molecule has 0 amide bonds. The first-order chi connectivity index (χ1) is 11.5. The third kappa shape index (κ3) is 3.90. The van der Waals surface area contributed by atoms with Gasteiger partial charge in [0.1, 0.15) is 11.5 Å². The van der Waals surface area contributed by atoms with Gasteiger partial charge in [0.25, 0.3) is 0 Å². The molecule has 1 fully saturated rings. The number of rotatable bonds is 6. The van der Waals surface area contributed by atoms with Gasteiger partial charge in [-0.25, -0.2) is 0 Å². The largest absolute Gasteiger partial charge is 0.494 e. The maximum Gasteiger partial charge on any atom is 0.119 e. The lowest BCUT2D eigenvalue weighted by molar-refractivity contribution is 0.340. The van der Waals surface area contributed by atoms with Gasteiger partial charge in [-0.15, -0.1) is 0 Å². The summed E-state index contributed by atoms with van der Waals surface area (Å²) in [5.74, 6) is 1.79. The van der Waals surface area contributed by atoms with Crippen molar-refractivity contribution in [2.75, 3.05) is 13.2 Å². The third-order valence-electron chi connectivity index (χ3n) is 3.36. The van der Waals surface area contributed by atoms with Crippen LogP contribution >= 0.6 is 30.9 Å². The topological polar surface area (TPSA) is 18.5 Å². The van der Waals surface area contributed by atoms with Crippen molar-refractivity contribution in [1.29, 1.82) is 0 Å². The van der Waals surface area contributed by atoms with Gasteiger partial charge in [-0.05, 0) is 62.4 Å². The molecule has 2 aromatic rings. The Labute approximate surface area is 161 Å². The fourth-order valence-electron chi connectivity index (χ4n) is 2.26. The standard InChI is InChI=1S/C16H18O2P2S4/c1-3-17-13-5-9-15(10-6-13)19(21)23-20(22,24-19)16-11-7-14(8-12-16)18-4-2/h5-12H,3-4H2,1-2H3. The van der Waals surface area contributed by atoms with E-state index in [1.165, 1.54) is 10.6 Å². The highest BCUT2D eigenvalue weighted by Crippen LogP contribution is 3.04. The molecule has 1 aliphatic heterocycles. The van der Waals surface area contributed by atoms with Gasteiger partial charge in [0.15, 0.2) is 0 Å². The molecule has 1 heterocycles. The molecule has 1 saturated heterocycles. The predicted molar refractivity (Wildman–Crippen MR) is 118 cm³/mol. The zero-order valence-electron chi connectivity index (χ0n) is 13.4. The molecule has 8 heteroatoms. The summed E-state index contributed by atoms with van der Waals surface area (Å²) in [6, 6.07) is 16.4. The summed E-state index contributed by atoms with van der Waals surface area (Å²) < 4.78 is 7.67. The van der Waals surface area contributed by atoms with Gasteiger partial charge < -0.3 is 9.47 Å². The van der Waals surface area contributed by atoms with Crippen molar-refractivity contribution < 1.29 is 9.47 Å². The first kappa shape index (κ1) is 18.8. The average molecular weight is 433 g/mol. The summed E-state index contributed by atoms with van der Waals surface area (Å²) in [7, 11) is 0. The normalized spacial score (nSPS) is 25.8. The van der Waals surface area contributed by atoms with Crippen LogP contribution in [0.15, 0.2) is 48.5 Å². The molecule has 0 aliphatic carbocycles. The van der Waals surface area contributed by atoms with Crippen LogP contribution in [-0.4, -0.2) is 13.2 Å². The van der Waals surface area contributed by atoms with Crippen LogP contribution in [0.2, 0.25) is 0 Å². The molecule has 0 radical (unpaired) electrons. The van der Waals surface area contributed by atoms with Gasteiger partial charge in [-0.3, -0.25) is 0 Å². The number of hydrogen-bond acceptors (Lipinski definition) is 6. The number of hydrogen-bond donors (Lipinski definition) is 0. The van der Waals surface area contributed by atoms with Crippen molar-refractivity contribution in [2.45, 2.75) is 13.8 Å². The quantitative estimate of drug-likeness (QED) is 0.555. The molecule has 2 nitrogen and oxygen atoms in total. The minimum Gasteiger partial charge on any atom is -0.494 e. The highest BCUT2D eigenvalue weighted by molar-refractivity contribution is 9.48. The van der Waals surface area contributed by atoms with Gasteiger partial charge >= 0.3 is 0 Å². The van der Waals surface area contributed by atoms with Crippen LogP contribution in [0, 0.1) is 0 Å². The zero-order valence-corrected chi connectivity index (χ0v) is 18.4. The Morgan fingerprint density at radius 1 is 0.708 bits per heavy atom. The Kier molecular flexibility index (Phi) is 6.07. The maximum absolute atomic E-state index is 5.95. The van der Waals surface area contributed by atoms with Gasteiger partial charge in [-0.2, -0.15) is 0 Å². The molecular formula is C16H18O2P2S4. The van der Waals surface area contributed by atoms with Crippen molar-refractivity contribution in [2.24, 2.45) is 0 Å². The second kappa shape index (κ2) is 7.73. The SMILES string of the molecule is CCOc1ccc(P2(=S)SP(=S)(c3ccc(OCC)cc3)S2)cc1. The molecule has 0 bridgehead atoms. The molecule has 0 atom stereocenters. The Morgan fingerprint density at radius 2 is 1.04 bits per heavy atom. The Bertz CT molecular complexity index is 724. The van der Waals surface area contributed by atoms with Crippen molar-refractivity contribution in [3.63, 3.8) is 0 Å².